The van der Waals surface area contributed by atoms with Gasteiger partial charge in [-0.15, -0.1) is 0 Å². The van der Waals surface area contributed by atoms with Crippen LogP contribution in [0.2, 0.25) is 0 Å². The SMILES string of the molecule is CCNc1cc(C2CCCC2)nc(C(C)(C)C)n1. The molecule has 3 heteroatoms. The van der Waals surface area contributed by atoms with Gasteiger partial charge < -0.3 is 5.32 Å². The van der Waals surface area contributed by atoms with E-state index in [1.807, 2.05) is 0 Å². The lowest BCUT2D eigenvalue weighted by Crippen LogP contribution is -2.19. The molecule has 1 aromatic heterocycles. The van der Waals surface area contributed by atoms with E-state index in [0.717, 1.165) is 18.2 Å². The van der Waals surface area contributed by atoms with Crippen LogP contribution in [0.25, 0.3) is 0 Å². The van der Waals surface area contributed by atoms with Crippen molar-refractivity contribution in [3.05, 3.63) is 17.6 Å². The monoisotopic (exact) mass is 247 g/mol. The number of rotatable bonds is 3. The zero-order chi connectivity index (χ0) is 13.2. The Kier molecular flexibility index (Phi) is 3.88. The quantitative estimate of drug-likeness (QED) is 0.881. The van der Waals surface area contributed by atoms with Gasteiger partial charge in [0, 0.05) is 29.6 Å². The van der Waals surface area contributed by atoms with Crippen LogP contribution in [0.3, 0.4) is 0 Å². The van der Waals surface area contributed by atoms with Gasteiger partial charge in [-0.2, -0.15) is 0 Å². The fourth-order valence-electron chi connectivity index (χ4n) is 2.50. The smallest absolute Gasteiger partial charge is 0.136 e. The number of nitrogens with zero attached hydrogens (tertiary/aromatic N) is 2. The molecule has 18 heavy (non-hydrogen) atoms. The zero-order valence-corrected chi connectivity index (χ0v) is 12.1. The van der Waals surface area contributed by atoms with Crippen molar-refractivity contribution in [3.63, 3.8) is 0 Å². The van der Waals surface area contributed by atoms with Gasteiger partial charge in [0.25, 0.3) is 0 Å². The maximum Gasteiger partial charge on any atom is 0.136 e. The molecule has 2 rings (SSSR count). The maximum atomic E-state index is 4.82. The average molecular weight is 247 g/mol. The third kappa shape index (κ3) is 3.01. The molecule has 1 saturated carbocycles. The van der Waals surface area contributed by atoms with E-state index in [4.69, 9.17) is 4.98 Å². The number of hydrogen-bond donors (Lipinski definition) is 1. The van der Waals surface area contributed by atoms with Crippen molar-refractivity contribution in [2.75, 3.05) is 11.9 Å². The molecule has 0 atom stereocenters. The largest absolute Gasteiger partial charge is 0.370 e. The molecule has 0 spiro atoms. The van der Waals surface area contributed by atoms with Crippen molar-refractivity contribution in [1.82, 2.24) is 9.97 Å². The molecule has 3 nitrogen and oxygen atoms in total. The first kappa shape index (κ1) is 13.3. The van der Waals surface area contributed by atoms with E-state index in [1.54, 1.807) is 0 Å². The molecule has 1 aliphatic rings. The highest BCUT2D eigenvalue weighted by Crippen LogP contribution is 2.34. The van der Waals surface area contributed by atoms with Gasteiger partial charge in [-0.3, -0.25) is 0 Å². The summed E-state index contributed by atoms with van der Waals surface area (Å²) in [5, 5.41) is 3.33. The van der Waals surface area contributed by atoms with E-state index in [9.17, 15) is 0 Å². The lowest BCUT2D eigenvalue weighted by Gasteiger charge is -2.20. The van der Waals surface area contributed by atoms with E-state index in [-0.39, 0.29) is 5.41 Å². The standard InChI is InChI=1S/C15H25N3/c1-5-16-13-10-12(11-8-6-7-9-11)17-14(18-13)15(2,3)4/h10-11H,5-9H2,1-4H3,(H,16,17,18). The van der Waals surface area contributed by atoms with Crippen LogP contribution in [0.15, 0.2) is 6.07 Å². The van der Waals surface area contributed by atoms with Gasteiger partial charge in [0.15, 0.2) is 0 Å². The zero-order valence-electron chi connectivity index (χ0n) is 12.1. The molecule has 0 aliphatic heterocycles. The van der Waals surface area contributed by atoms with Gasteiger partial charge in [-0.05, 0) is 19.8 Å². The van der Waals surface area contributed by atoms with Crippen molar-refractivity contribution < 1.29 is 0 Å². The highest BCUT2D eigenvalue weighted by Gasteiger charge is 2.23. The van der Waals surface area contributed by atoms with Crippen LogP contribution in [0.4, 0.5) is 5.82 Å². The molecule has 0 bridgehead atoms. The molecule has 100 valence electrons. The van der Waals surface area contributed by atoms with Gasteiger partial charge in [0.05, 0.1) is 0 Å². The van der Waals surface area contributed by atoms with Crippen LogP contribution in [0.5, 0.6) is 0 Å². The summed E-state index contributed by atoms with van der Waals surface area (Å²) < 4.78 is 0. The van der Waals surface area contributed by atoms with Gasteiger partial charge in [-0.25, -0.2) is 9.97 Å². The second kappa shape index (κ2) is 5.25. The van der Waals surface area contributed by atoms with Crippen LogP contribution in [-0.4, -0.2) is 16.5 Å². The first-order valence-electron chi connectivity index (χ1n) is 7.14. The summed E-state index contributed by atoms with van der Waals surface area (Å²) in [7, 11) is 0. The van der Waals surface area contributed by atoms with E-state index in [1.165, 1.54) is 31.4 Å². The van der Waals surface area contributed by atoms with Gasteiger partial charge in [-0.1, -0.05) is 33.6 Å². The first-order valence-corrected chi connectivity index (χ1v) is 7.14. The van der Waals surface area contributed by atoms with Crippen LogP contribution in [0, 0.1) is 0 Å². The van der Waals surface area contributed by atoms with Crippen molar-refractivity contribution in [3.8, 4) is 0 Å². The molecular weight excluding hydrogens is 222 g/mol. The molecule has 0 unspecified atom stereocenters. The summed E-state index contributed by atoms with van der Waals surface area (Å²) in [5.41, 5.74) is 1.25. The van der Waals surface area contributed by atoms with E-state index in [0.29, 0.717) is 5.92 Å². The summed E-state index contributed by atoms with van der Waals surface area (Å²) >= 11 is 0. The number of aromatic nitrogens is 2. The predicted molar refractivity (Wildman–Crippen MR) is 76.1 cm³/mol. The second-order valence-electron chi connectivity index (χ2n) is 6.26. The van der Waals surface area contributed by atoms with E-state index >= 15 is 0 Å². The van der Waals surface area contributed by atoms with Crippen molar-refractivity contribution in [2.45, 2.75) is 64.7 Å². The summed E-state index contributed by atoms with van der Waals surface area (Å²) in [6.45, 7) is 9.54. The Bertz CT molecular complexity index is 401. The molecule has 0 radical (unpaired) electrons. The van der Waals surface area contributed by atoms with Crippen molar-refractivity contribution in [2.24, 2.45) is 0 Å². The van der Waals surface area contributed by atoms with Crippen LogP contribution < -0.4 is 5.32 Å². The Morgan fingerprint density at radius 2 is 1.89 bits per heavy atom. The third-order valence-electron chi connectivity index (χ3n) is 3.55. The summed E-state index contributed by atoms with van der Waals surface area (Å²) in [6.07, 6.45) is 5.25. The molecule has 0 amide bonds. The van der Waals surface area contributed by atoms with Gasteiger partial charge in [0.2, 0.25) is 0 Å². The Morgan fingerprint density at radius 3 is 2.44 bits per heavy atom. The summed E-state index contributed by atoms with van der Waals surface area (Å²) in [4.78, 5) is 9.46. The minimum absolute atomic E-state index is 0.0127. The molecule has 1 fully saturated rings. The minimum Gasteiger partial charge on any atom is -0.370 e. The lowest BCUT2D eigenvalue weighted by molar-refractivity contribution is 0.536. The van der Waals surface area contributed by atoms with Crippen molar-refractivity contribution in [1.29, 1.82) is 0 Å². The summed E-state index contributed by atoms with van der Waals surface area (Å²) in [5.74, 6) is 2.59. The van der Waals surface area contributed by atoms with Crippen LogP contribution in [-0.2, 0) is 5.41 Å². The Morgan fingerprint density at radius 1 is 1.22 bits per heavy atom. The number of nitrogens with one attached hydrogen (secondary N) is 1. The molecule has 1 aliphatic carbocycles. The fourth-order valence-corrected chi connectivity index (χ4v) is 2.50. The number of hydrogen-bond acceptors (Lipinski definition) is 3. The minimum atomic E-state index is 0.0127. The Labute approximate surface area is 110 Å². The normalized spacial score (nSPS) is 17.1. The van der Waals surface area contributed by atoms with E-state index < -0.39 is 0 Å². The van der Waals surface area contributed by atoms with Crippen LogP contribution in [0.1, 0.15) is 70.8 Å². The van der Waals surface area contributed by atoms with Gasteiger partial charge >= 0.3 is 0 Å². The summed E-state index contributed by atoms with van der Waals surface area (Å²) in [6, 6.07) is 2.15. The number of anilines is 1. The Hall–Kier alpha value is -1.12. The third-order valence-corrected chi connectivity index (χ3v) is 3.55. The second-order valence-corrected chi connectivity index (χ2v) is 6.26. The molecule has 0 aromatic carbocycles. The molecular formula is C15H25N3. The highest BCUT2D eigenvalue weighted by atomic mass is 15.0. The highest BCUT2D eigenvalue weighted by molar-refractivity contribution is 5.38. The van der Waals surface area contributed by atoms with E-state index in [2.05, 4.69) is 44.1 Å². The van der Waals surface area contributed by atoms with Crippen molar-refractivity contribution >= 4 is 5.82 Å². The first-order chi connectivity index (χ1) is 8.50. The Balaban J connectivity index is 2.35. The molecule has 0 saturated heterocycles. The molecule has 1 N–H and O–H groups in total. The molecule has 1 aromatic rings. The molecule has 1 heterocycles. The fraction of sp³-hybridized carbons (Fsp3) is 0.733. The maximum absolute atomic E-state index is 4.82. The topological polar surface area (TPSA) is 37.8 Å². The van der Waals surface area contributed by atoms with Gasteiger partial charge in [0.1, 0.15) is 11.6 Å². The van der Waals surface area contributed by atoms with Crippen LogP contribution >= 0.6 is 0 Å². The predicted octanol–water partition coefficient (Wildman–Crippen LogP) is 3.86. The lowest BCUT2D eigenvalue weighted by atomic mass is 9.94. The average Bonchev–Trinajstić information content (AvgIpc) is 2.81.